The molecule has 0 amide bonds. The van der Waals surface area contributed by atoms with Gasteiger partial charge in [0.15, 0.2) is 0 Å². The Kier molecular flexibility index (Phi) is 6.54. The van der Waals surface area contributed by atoms with Crippen LogP contribution in [-0.4, -0.2) is 26.3 Å². The molecule has 2 atom stereocenters. The highest BCUT2D eigenvalue weighted by Gasteiger charge is 2.41. The summed E-state index contributed by atoms with van der Waals surface area (Å²) in [5, 5.41) is 0.208. The van der Waals surface area contributed by atoms with Gasteiger partial charge in [-0.1, -0.05) is 35.9 Å². The molecule has 2 aromatic carbocycles. The van der Waals surface area contributed by atoms with E-state index in [1.165, 1.54) is 12.1 Å². The molecule has 0 bridgehead atoms. The fourth-order valence-corrected chi connectivity index (χ4v) is 5.71. The van der Waals surface area contributed by atoms with Gasteiger partial charge < -0.3 is 0 Å². The van der Waals surface area contributed by atoms with Crippen LogP contribution < -0.4 is 5.56 Å². The summed E-state index contributed by atoms with van der Waals surface area (Å²) in [5.74, 6) is 0.0913. The summed E-state index contributed by atoms with van der Waals surface area (Å²) >= 11 is 6.68. The van der Waals surface area contributed by atoms with Gasteiger partial charge in [-0.05, 0) is 85.2 Å². The second kappa shape index (κ2) is 9.54. The van der Waals surface area contributed by atoms with Gasteiger partial charge in [-0.2, -0.15) is 4.36 Å². The number of hydrogen-bond donors (Lipinski definition) is 0. The van der Waals surface area contributed by atoms with Crippen molar-refractivity contribution in [1.29, 1.82) is 0 Å². The van der Waals surface area contributed by atoms with E-state index in [0.717, 1.165) is 34.4 Å². The van der Waals surface area contributed by atoms with E-state index in [0.29, 0.717) is 17.1 Å². The number of hydrogen-bond acceptors (Lipinski definition) is 4. The number of nitrogens with zero attached hydrogens (tertiary/aromatic N) is 3. The van der Waals surface area contributed by atoms with Gasteiger partial charge in [-0.3, -0.25) is 14.3 Å². The summed E-state index contributed by atoms with van der Waals surface area (Å²) in [5.41, 5.74) is 5.99. The largest absolute Gasteiger partial charge is 0.280 e. The van der Waals surface area contributed by atoms with E-state index in [-0.39, 0.29) is 28.2 Å². The summed E-state index contributed by atoms with van der Waals surface area (Å²) < 4.78 is 31.4. The summed E-state index contributed by atoms with van der Waals surface area (Å²) in [4.78, 5) is 18.1. The number of aromatic nitrogens is 2. The third-order valence-electron chi connectivity index (χ3n) is 6.63. The SMILES string of the molecule is Cc1cnc(-c2cccc(N=S(C)(C)=O)c2)cc1-n1c(C)cc([C@@H]2CC2c2ccc(F)cc2)c(Cl)c1=O. The maximum atomic E-state index is 13.6. The fourth-order valence-electron chi connectivity index (χ4n) is 4.81. The molecule has 1 aliphatic rings. The first kappa shape index (κ1) is 25.4. The Hall–Kier alpha value is -3.29. The van der Waals surface area contributed by atoms with Crippen LogP contribution in [0.5, 0.6) is 0 Å². The van der Waals surface area contributed by atoms with Gasteiger partial charge in [0.2, 0.25) is 0 Å². The first-order chi connectivity index (χ1) is 17.5. The van der Waals surface area contributed by atoms with Gasteiger partial charge >= 0.3 is 0 Å². The van der Waals surface area contributed by atoms with Crippen LogP contribution >= 0.6 is 11.6 Å². The van der Waals surface area contributed by atoms with Gasteiger partial charge in [0.1, 0.15) is 10.8 Å². The molecule has 190 valence electrons. The molecule has 37 heavy (non-hydrogen) atoms. The third kappa shape index (κ3) is 5.24. The summed E-state index contributed by atoms with van der Waals surface area (Å²) in [7, 11) is -2.30. The Morgan fingerprint density at radius 1 is 1.05 bits per heavy atom. The van der Waals surface area contributed by atoms with Gasteiger partial charge in [0, 0.05) is 39.7 Å². The number of aryl methyl sites for hydroxylation is 2. The van der Waals surface area contributed by atoms with E-state index in [2.05, 4.69) is 9.35 Å². The average Bonchev–Trinajstić information content (AvgIpc) is 3.63. The molecule has 1 aliphatic carbocycles. The monoisotopic (exact) mass is 535 g/mol. The number of halogens is 2. The lowest BCUT2D eigenvalue weighted by Crippen LogP contribution is -2.23. The van der Waals surface area contributed by atoms with E-state index >= 15 is 0 Å². The molecule has 8 heteroatoms. The van der Waals surface area contributed by atoms with Crippen LogP contribution in [0.4, 0.5) is 10.1 Å². The quantitative estimate of drug-likeness (QED) is 0.278. The molecule has 0 radical (unpaired) electrons. The summed E-state index contributed by atoms with van der Waals surface area (Å²) in [6.07, 6.45) is 5.79. The first-order valence-corrected chi connectivity index (χ1v) is 14.6. The predicted octanol–water partition coefficient (Wildman–Crippen LogP) is 6.94. The average molecular weight is 536 g/mol. The minimum atomic E-state index is -2.30. The van der Waals surface area contributed by atoms with E-state index in [1.807, 2.05) is 44.2 Å². The number of pyridine rings is 2. The van der Waals surface area contributed by atoms with Crippen molar-refractivity contribution in [3.05, 3.63) is 110 Å². The van der Waals surface area contributed by atoms with E-state index in [4.69, 9.17) is 11.6 Å². The highest BCUT2D eigenvalue weighted by molar-refractivity contribution is 7.92. The van der Waals surface area contributed by atoms with Crippen molar-refractivity contribution in [3.8, 4) is 16.9 Å². The molecular weight excluding hydrogens is 509 g/mol. The van der Waals surface area contributed by atoms with Crippen LogP contribution in [0.1, 0.15) is 40.6 Å². The fraction of sp³-hybridized carbons (Fsp3) is 0.241. The second-order valence-electron chi connectivity index (χ2n) is 9.87. The first-order valence-electron chi connectivity index (χ1n) is 11.9. The minimum Gasteiger partial charge on any atom is -0.280 e. The predicted molar refractivity (Wildman–Crippen MR) is 148 cm³/mol. The van der Waals surface area contributed by atoms with Gasteiger partial charge in [-0.15, -0.1) is 0 Å². The minimum absolute atomic E-state index is 0.131. The van der Waals surface area contributed by atoms with Crippen molar-refractivity contribution in [2.75, 3.05) is 12.5 Å². The topological polar surface area (TPSA) is 64.3 Å². The third-order valence-corrected chi connectivity index (χ3v) is 7.66. The van der Waals surface area contributed by atoms with Crippen LogP contribution in [0.3, 0.4) is 0 Å². The van der Waals surface area contributed by atoms with Crippen LogP contribution in [0.25, 0.3) is 16.9 Å². The molecule has 0 spiro atoms. The molecule has 1 saturated carbocycles. The van der Waals surface area contributed by atoms with Gasteiger partial charge in [0.05, 0.1) is 17.1 Å². The Morgan fingerprint density at radius 2 is 1.78 bits per heavy atom. The second-order valence-corrected chi connectivity index (χ2v) is 12.8. The normalized spacial score (nSPS) is 17.0. The molecule has 1 unspecified atom stereocenters. The molecule has 0 aliphatic heterocycles. The molecule has 2 heterocycles. The highest BCUT2D eigenvalue weighted by atomic mass is 35.5. The van der Waals surface area contributed by atoms with E-state index in [9.17, 15) is 13.4 Å². The molecule has 5 rings (SSSR count). The van der Waals surface area contributed by atoms with Gasteiger partial charge in [0.25, 0.3) is 5.56 Å². The van der Waals surface area contributed by atoms with Crippen molar-refractivity contribution in [2.45, 2.75) is 32.1 Å². The lowest BCUT2D eigenvalue weighted by atomic mass is 10.0. The Labute approximate surface area is 221 Å². The number of benzene rings is 2. The Balaban J connectivity index is 1.53. The summed E-state index contributed by atoms with van der Waals surface area (Å²) in [6.45, 7) is 3.80. The zero-order chi connectivity index (χ0) is 26.5. The van der Waals surface area contributed by atoms with E-state index < -0.39 is 9.73 Å². The summed E-state index contributed by atoms with van der Waals surface area (Å²) in [6, 6.07) is 17.8. The molecule has 5 nitrogen and oxygen atoms in total. The molecule has 0 saturated heterocycles. The maximum Gasteiger partial charge on any atom is 0.274 e. The molecular formula is C29H27ClFN3O2S. The van der Waals surface area contributed by atoms with Crippen LogP contribution in [0.2, 0.25) is 5.02 Å². The van der Waals surface area contributed by atoms with Crippen LogP contribution in [0.15, 0.2) is 76.0 Å². The highest BCUT2D eigenvalue weighted by Crippen LogP contribution is 2.55. The van der Waals surface area contributed by atoms with E-state index in [1.54, 1.807) is 41.5 Å². The van der Waals surface area contributed by atoms with Crippen LogP contribution in [-0.2, 0) is 9.73 Å². The molecule has 1 fully saturated rings. The van der Waals surface area contributed by atoms with Gasteiger partial charge in [-0.25, -0.2) is 8.60 Å². The number of rotatable bonds is 5. The standard InChI is InChI=1S/C29H27ClFN3O2S/c1-17-16-32-26(20-6-5-7-22(13-20)33-37(3,4)36)15-27(17)34-18(2)12-25(28(30)29(34)35)24-14-23(24)19-8-10-21(31)11-9-19/h5-13,15-16,23-24H,14H2,1-4H3/t23?,24-/m1/s1. The van der Waals surface area contributed by atoms with Crippen molar-refractivity contribution >= 4 is 27.0 Å². The lowest BCUT2D eigenvalue weighted by Gasteiger charge is -2.17. The molecule has 0 N–H and O–H groups in total. The van der Waals surface area contributed by atoms with Crippen molar-refractivity contribution in [1.82, 2.24) is 9.55 Å². The lowest BCUT2D eigenvalue weighted by molar-refractivity contribution is 0.627. The molecule has 2 aromatic heterocycles. The van der Waals surface area contributed by atoms with Crippen molar-refractivity contribution < 1.29 is 8.60 Å². The molecule has 4 aromatic rings. The zero-order valence-corrected chi connectivity index (χ0v) is 22.6. The van der Waals surface area contributed by atoms with Crippen molar-refractivity contribution in [2.24, 2.45) is 4.36 Å². The zero-order valence-electron chi connectivity index (χ0n) is 21.0. The Bertz CT molecular complexity index is 1700. The van der Waals surface area contributed by atoms with Crippen LogP contribution in [0, 0.1) is 19.7 Å². The van der Waals surface area contributed by atoms with Crippen molar-refractivity contribution in [3.63, 3.8) is 0 Å². The smallest absolute Gasteiger partial charge is 0.274 e. The Morgan fingerprint density at radius 3 is 2.49 bits per heavy atom. The maximum absolute atomic E-state index is 13.6.